The van der Waals surface area contributed by atoms with Gasteiger partial charge < -0.3 is 0 Å². The first-order valence-electron chi connectivity index (χ1n) is 10.9. The minimum absolute atomic E-state index is 0. The summed E-state index contributed by atoms with van der Waals surface area (Å²) in [6.07, 6.45) is 0. The monoisotopic (exact) mass is 1740 g/mol. The van der Waals surface area contributed by atoms with E-state index < -0.39 is 126 Å². The molecule has 21 nitrogen and oxygen atoms in total. The van der Waals surface area contributed by atoms with Crippen molar-refractivity contribution in [1.82, 2.24) is 0 Å². The van der Waals surface area contributed by atoms with E-state index in [0.29, 0.717) is 0 Å². The molecule has 3 aromatic carbocycles. The SMILES string of the molecule is Cl.Cl.Cl.Cl.Cl.Cl.[O]=[Sb]([O-])[O-].[O]=[Sb]([O-])[O-].[O]=[Sb]([O-])[O-].[O]=[Sb]([O-])[O][NH2+]c1ccc(Br)cc1.[O]=[Sb]([O-])[O][NH2+]c1ccc(Br)cc1.[O]=[Sb]([O-])[O][NH2+]c1ccc(Br)cc1. The Balaban J connectivity index is -0.0000000667. The molecule has 3 rings (SSSR count). The molecule has 0 spiro atoms. The molecule has 6 radical (unpaired) electrons. The molecule has 36 heteroatoms. The van der Waals surface area contributed by atoms with E-state index in [4.69, 9.17) is 29.4 Å². The quantitative estimate of drug-likeness (QED) is 0.102. The molecule has 0 bridgehead atoms. The number of rotatable bonds is 9. The Morgan fingerprint density at radius 2 is 0.481 bits per heavy atom. The van der Waals surface area contributed by atoms with Crippen LogP contribution in [-0.4, -0.2) is 126 Å². The summed E-state index contributed by atoms with van der Waals surface area (Å²) in [4.78, 5) is 0. The number of benzene rings is 3. The second kappa shape index (κ2) is 53.1. The number of nitrogens with two attached hydrogens (primary N) is 3. The first kappa shape index (κ1) is 78.4. The fraction of sp³-hybridized carbons (Fsp3) is 0. The van der Waals surface area contributed by atoms with Crippen LogP contribution in [0.4, 0.5) is 17.1 Å². The van der Waals surface area contributed by atoms with E-state index in [1.807, 2.05) is 36.4 Å². The molecule has 0 atom stereocenters. The van der Waals surface area contributed by atoms with Gasteiger partial charge in [-0.2, -0.15) is 0 Å². The Kier molecular flexibility index (Phi) is 77.1. The molecule has 0 aromatic heterocycles. The molecule has 0 aliphatic carbocycles. The van der Waals surface area contributed by atoms with Gasteiger partial charge in [0.25, 0.3) is 0 Å². The van der Waals surface area contributed by atoms with Crippen LogP contribution in [0.15, 0.2) is 86.2 Å². The van der Waals surface area contributed by atoms with E-state index in [1.165, 1.54) is 16.4 Å². The molecule has 0 saturated carbocycles. The van der Waals surface area contributed by atoms with Gasteiger partial charge in [-0.15, -0.1) is 74.4 Å². The fourth-order valence-electron chi connectivity index (χ4n) is 1.94. The van der Waals surface area contributed by atoms with Gasteiger partial charge in [0.2, 0.25) is 0 Å². The fourth-order valence-corrected chi connectivity index (χ4v) is 4.51. The van der Waals surface area contributed by atoms with Crippen LogP contribution in [0.2, 0.25) is 0 Å². The van der Waals surface area contributed by atoms with Crippen LogP contribution in [0.3, 0.4) is 0 Å². The summed E-state index contributed by atoms with van der Waals surface area (Å²) < 4.78 is 154. The van der Waals surface area contributed by atoms with E-state index in [1.54, 1.807) is 36.4 Å². The topological polar surface area (TPSA) is 387 Å². The molecule has 318 valence electrons. The van der Waals surface area contributed by atoms with Crippen LogP contribution >= 0.6 is 122 Å². The molecular weight excluding hydrogens is 1730 g/mol. The second-order valence-electron chi connectivity index (χ2n) is 6.67. The molecule has 6 N–H and O–H groups in total. The minimum atomic E-state index is -4.20. The van der Waals surface area contributed by atoms with Gasteiger partial charge in [0.05, 0.1) is 0 Å². The summed E-state index contributed by atoms with van der Waals surface area (Å²) in [7, 11) is 0. The zero-order chi connectivity index (χ0) is 37.7. The van der Waals surface area contributed by atoms with Crippen LogP contribution in [0.25, 0.3) is 0 Å². The summed E-state index contributed by atoms with van der Waals surface area (Å²) in [6, 6.07) is 21.4. The van der Waals surface area contributed by atoms with Gasteiger partial charge in [-0.25, -0.2) is 0 Å². The van der Waals surface area contributed by atoms with Crippen molar-refractivity contribution in [2.24, 2.45) is 0 Å². The first-order valence-corrected chi connectivity index (χ1v) is 32.0. The second-order valence-corrected chi connectivity index (χ2v) is 18.9. The first-order chi connectivity index (χ1) is 22.2. The van der Waals surface area contributed by atoms with Crippen LogP contribution in [0.5, 0.6) is 0 Å². The van der Waals surface area contributed by atoms with E-state index in [0.717, 1.165) is 30.5 Å². The summed E-state index contributed by atoms with van der Waals surface area (Å²) >= 11 is -14.2. The van der Waals surface area contributed by atoms with Crippen molar-refractivity contribution in [2.45, 2.75) is 0 Å². The van der Waals surface area contributed by atoms with E-state index in [9.17, 15) is 19.2 Å². The van der Waals surface area contributed by atoms with Gasteiger partial charge >= 0.3 is 352 Å². The van der Waals surface area contributed by atoms with Crippen LogP contribution in [0, 0.1) is 0 Å². The Bertz CT molecular complexity index is 1260. The van der Waals surface area contributed by atoms with Crippen LogP contribution in [0.1, 0.15) is 0 Å². The van der Waals surface area contributed by atoms with Crippen LogP contribution < -0.4 is 46.9 Å². The maximum atomic E-state index is 10.1. The summed E-state index contributed by atoms with van der Waals surface area (Å²) in [5.41, 5.74) is 5.90. The molecule has 54 heavy (non-hydrogen) atoms. The van der Waals surface area contributed by atoms with Crippen molar-refractivity contribution in [1.29, 1.82) is 0 Å². The van der Waals surface area contributed by atoms with Gasteiger partial charge in [0.1, 0.15) is 0 Å². The predicted molar refractivity (Wildman–Crippen MR) is 193 cm³/mol. The van der Waals surface area contributed by atoms with Gasteiger partial charge in [-0.1, -0.05) is 0 Å². The Morgan fingerprint density at radius 1 is 0.352 bits per heavy atom. The van der Waals surface area contributed by atoms with Gasteiger partial charge in [-0.3, -0.25) is 0 Å². The molecular formula is C18H24Br3Cl6N3O18Sb6-6. The van der Waals surface area contributed by atoms with Crippen molar-refractivity contribution in [3.05, 3.63) is 86.2 Å². The third kappa shape index (κ3) is 70.5. The Hall–Kier alpha value is 3.95. The summed E-state index contributed by atoms with van der Waals surface area (Å²) in [6.45, 7) is 0. The Labute approximate surface area is 418 Å². The average Bonchev–Trinajstić information content (AvgIpc) is 2.96. The van der Waals surface area contributed by atoms with Gasteiger partial charge in [0, 0.05) is 0 Å². The number of hydrogen-bond acceptors (Lipinski definition) is 18. The van der Waals surface area contributed by atoms with Gasteiger partial charge in [0.15, 0.2) is 0 Å². The van der Waals surface area contributed by atoms with Crippen molar-refractivity contribution in [3.8, 4) is 0 Å². The number of hydrogen-bond donors (Lipinski definition) is 3. The average molecular weight is 1750 g/mol. The predicted octanol–water partition coefficient (Wildman–Crippen LogP) is -8.05. The molecule has 0 heterocycles. The third-order valence-corrected chi connectivity index (χ3v) is 7.40. The third-order valence-electron chi connectivity index (χ3n) is 3.43. The zero-order valence-electron chi connectivity index (χ0n) is 25.3. The van der Waals surface area contributed by atoms with E-state index >= 15 is 0 Å². The summed E-state index contributed by atoms with van der Waals surface area (Å²) in [5.74, 6) is 0. The molecule has 0 fully saturated rings. The van der Waals surface area contributed by atoms with Crippen molar-refractivity contribution in [3.63, 3.8) is 0 Å². The molecule has 3 aromatic rings. The van der Waals surface area contributed by atoms with Crippen molar-refractivity contribution in [2.75, 3.05) is 0 Å². The summed E-state index contributed by atoms with van der Waals surface area (Å²) in [5, 5.41) is 0. The number of halogens is 9. The zero-order valence-corrected chi connectivity index (χ0v) is 50.2. The number of quaternary nitrogens is 3. The van der Waals surface area contributed by atoms with E-state index in [-0.39, 0.29) is 74.4 Å². The molecule has 0 unspecified atom stereocenters. The van der Waals surface area contributed by atoms with Crippen molar-refractivity contribution < 1.29 is 74.4 Å². The molecule has 0 aliphatic heterocycles. The van der Waals surface area contributed by atoms with E-state index in [2.05, 4.69) is 57.1 Å². The maximum absolute atomic E-state index is 10.1. The molecule has 0 saturated heterocycles. The van der Waals surface area contributed by atoms with Crippen molar-refractivity contribution >= 4 is 266 Å². The standard InChI is InChI=1S/3C6H6BrNO.6ClH.15O.6Sb/c3*7-5-1-3-6(8-9)4-2-5;;;;;;;;;;;;;;;;;;;;;;;;;;;/h3*1-4H,8H2;6*1H;;;;;;;;;;;;;;;;;;;;;/q;;;;;;;;;;;;;;;9*-1;;;;3*+1. The van der Waals surface area contributed by atoms with Crippen LogP contribution in [-0.2, 0) is 27.5 Å². The Morgan fingerprint density at radius 3 is 0.593 bits per heavy atom. The molecule has 0 aliphatic rings. The normalized spacial score (nSPS) is 8.00. The van der Waals surface area contributed by atoms with Gasteiger partial charge in [-0.05, 0) is 0 Å². The molecule has 0 amide bonds.